The van der Waals surface area contributed by atoms with Crippen molar-refractivity contribution in [2.24, 2.45) is 4.99 Å². The summed E-state index contributed by atoms with van der Waals surface area (Å²) in [7, 11) is 0. The summed E-state index contributed by atoms with van der Waals surface area (Å²) >= 11 is 1.67. The molecule has 0 fully saturated rings. The van der Waals surface area contributed by atoms with E-state index in [4.69, 9.17) is 0 Å². The molecule has 0 saturated carbocycles. The third-order valence-electron chi connectivity index (χ3n) is 2.91. The normalized spacial score (nSPS) is 19.9. The van der Waals surface area contributed by atoms with Gasteiger partial charge in [-0.3, -0.25) is 4.99 Å². The molecule has 0 aromatic heterocycles. The SMILES string of the molecule is CCC1CCSC(Nc2c(C)cccc2F)=N1. The van der Waals surface area contributed by atoms with E-state index in [1.54, 1.807) is 17.8 Å². The first-order valence-corrected chi connectivity index (χ1v) is 6.92. The minimum absolute atomic E-state index is 0.216. The lowest BCUT2D eigenvalue weighted by Crippen LogP contribution is -2.20. The Balaban J connectivity index is 2.18. The van der Waals surface area contributed by atoms with Crippen molar-refractivity contribution in [3.63, 3.8) is 0 Å². The molecule has 2 rings (SSSR count). The predicted molar refractivity (Wildman–Crippen MR) is 73.3 cm³/mol. The van der Waals surface area contributed by atoms with Gasteiger partial charge in [0.25, 0.3) is 0 Å². The molecule has 0 amide bonds. The second-order valence-corrected chi connectivity index (χ2v) is 5.27. The number of hydrogen-bond donors (Lipinski definition) is 1. The maximum absolute atomic E-state index is 13.7. The van der Waals surface area contributed by atoms with Crippen molar-refractivity contribution in [1.82, 2.24) is 0 Å². The summed E-state index contributed by atoms with van der Waals surface area (Å²) in [5, 5.41) is 3.96. The second-order valence-electron chi connectivity index (χ2n) is 4.19. The minimum Gasteiger partial charge on any atom is -0.332 e. The third-order valence-corrected chi connectivity index (χ3v) is 3.84. The van der Waals surface area contributed by atoms with Crippen molar-refractivity contribution < 1.29 is 4.39 Å². The Kier molecular flexibility index (Phi) is 4.05. The number of rotatable bonds is 2. The van der Waals surface area contributed by atoms with E-state index in [0.29, 0.717) is 11.7 Å². The van der Waals surface area contributed by atoms with Gasteiger partial charge in [-0.1, -0.05) is 30.8 Å². The number of para-hydroxylation sites is 1. The molecular formula is C13H17FN2S. The van der Waals surface area contributed by atoms with Crippen LogP contribution in [0.15, 0.2) is 23.2 Å². The number of nitrogens with zero attached hydrogens (tertiary/aromatic N) is 1. The second kappa shape index (κ2) is 5.54. The van der Waals surface area contributed by atoms with Crippen molar-refractivity contribution in [2.45, 2.75) is 32.7 Å². The van der Waals surface area contributed by atoms with E-state index < -0.39 is 0 Å². The van der Waals surface area contributed by atoms with Gasteiger partial charge >= 0.3 is 0 Å². The van der Waals surface area contributed by atoms with Crippen LogP contribution >= 0.6 is 11.8 Å². The van der Waals surface area contributed by atoms with Gasteiger partial charge in [-0.25, -0.2) is 4.39 Å². The number of aryl methyl sites for hydroxylation is 1. The summed E-state index contributed by atoms with van der Waals surface area (Å²) in [5.74, 6) is 0.838. The summed E-state index contributed by atoms with van der Waals surface area (Å²) in [4.78, 5) is 4.58. The van der Waals surface area contributed by atoms with E-state index in [1.165, 1.54) is 6.07 Å². The molecule has 4 heteroatoms. The monoisotopic (exact) mass is 252 g/mol. The fourth-order valence-corrected chi connectivity index (χ4v) is 2.80. The Morgan fingerprint density at radius 3 is 3.06 bits per heavy atom. The molecule has 2 nitrogen and oxygen atoms in total. The van der Waals surface area contributed by atoms with Gasteiger partial charge in [-0.15, -0.1) is 0 Å². The first kappa shape index (κ1) is 12.4. The summed E-state index contributed by atoms with van der Waals surface area (Å²) < 4.78 is 13.7. The Morgan fingerprint density at radius 2 is 2.35 bits per heavy atom. The van der Waals surface area contributed by atoms with Crippen LogP contribution in [0.5, 0.6) is 0 Å². The number of aliphatic imine (C=N–C) groups is 1. The smallest absolute Gasteiger partial charge is 0.161 e. The Labute approximate surface area is 106 Å². The minimum atomic E-state index is -0.216. The first-order chi connectivity index (χ1) is 8.20. The number of anilines is 1. The molecule has 1 aliphatic rings. The van der Waals surface area contributed by atoms with Crippen molar-refractivity contribution in [3.05, 3.63) is 29.6 Å². The lowest BCUT2D eigenvalue weighted by atomic mass is 10.2. The van der Waals surface area contributed by atoms with Gasteiger partial charge < -0.3 is 5.32 Å². The van der Waals surface area contributed by atoms with E-state index in [-0.39, 0.29) is 5.82 Å². The number of benzene rings is 1. The zero-order chi connectivity index (χ0) is 12.3. The molecule has 1 aromatic carbocycles. The van der Waals surface area contributed by atoms with Crippen LogP contribution in [-0.4, -0.2) is 17.0 Å². The lowest BCUT2D eigenvalue weighted by Gasteiger charge is -2.20. The quantitative estimate of drug-likeness (QED) is 0.865. The Bertz CT molecular complexity index is 411. The summed E-state index contributed by atoms with van der Waals surface area (Å²) in [6, 6.07) is 5.48. The van der Waals surface area contributed by atoms with Crippen LogP contribution in [0.4, 0.5) is 10.1 Å². The van der Waals surface area contributed by atoms with E-state index in [9.17, 15) is 4.39 Å². The van der Waals surface area contributed by atoms with E-state index in [2.05, 4.69) is 17.2 Å². The van der Waals surface area contributed by atoms with Crippen LogP contribution in [-0.2, 0) is 0 Å². The molecule has 0 spiro atoms. The highest BCUT2D eigenvalue weighted by atomic mass is 32.2. The largest absolute Gasteiger partial charge is 0.332 e. The van der Waals surface area contributed by atoms with Gasteiger partial charge in [0, 0.05) is 5.75 Å². The van der Waals surface area contributed by atoms with Crippen LogP contribution in [0.3, 0.4) is 0 Å². The maximum Gasteiger partial charge on any atom is 0.161 e. The average Bonchev–Trinajstić information content (AvgIpc) is 2.34. The Hall–Kier alpha value is -1.03. The van der Waals surface area contributed by atoms with Crippen LogP contribution in [0, 0.1) is 12.7 Å². The molecule has 0 bridgehead atoms. The van der Waals surface area contributed by atoms with Crippen LogP contribution < -0.4 is 5.32 Å². The van der Waals surface area contributed by atoms with Crippen molar-refractivity contribution in [2.75, 3.05) is 11.1 Å². The van der Waals surface area contributed by atoms with Gasteiger partial charge in [0.05, 0.1) is 11.7 Å². The topological polar surface area (TPSA) is 24.4 Å². The molecule has 1 aliphatic heterocycles. The molecule has 0 radical (unpaired) electrons. The number of amidine groups is 1. The van der Waals surface area contributed by atoms with Crippen molar-refractivity contribution in [1.29, 1.82) is 0 Å². The molecule has 0 aliphatic carbocycles. The third kappa shape index (κ3) is 3.00. The maximum atomic E-state index is 13.7. The van der Waals surface area contributed by atoms with Gasteiger partial charge in [0.1, 0.15) is 5.82 Å². The highest BCUT2D eigenvalue weighted by molar-refractivity contribution is 8.14. The van der Waals surface area contributed by atoms with Crippen molar-refractivity contribution in [3.8, 4) is 0 Å². The summed E-state index contributed by atoms with van der Waals surface area (Å²) in [5.41, 5.74) is 1.46. The number of thioether (sulfide) groups is 1. The highest BCUT2D eigenvalue weighted by Crippen LogP contribution is 2.24. The zero-order valence-electron chi connectivity index (χ0n) is 10.2. The fourth-order valence-electron chi connectivity index (χ4n) is 1.82. The Morgan fingerprint density at radius 1 is 1.53 bits per heavy atom. The molecule has 1 heterocycles. The van der Waals surface area contributed by atoms with Gasteiger partial charge in [-0.2, -0.15) is 0 Å². The molecule has 0 saturated heterocycles. The van der Waals surface area contributed by atoms with Crippen LogP contribution in [0.1, 0.15) is 25.3 Å². The van der Waals surface area contributed by atoms with Gasteiger partial charge in [-0.05, 0) is 31.4 Å². The molecule has 17 heavy (non-hydrogen) atoms. The van der Waals surface area contributed by atoms with Crippen LogP contribution in [0.2, 0.25) is 0 Å². The molecular weight excluding hydrogens is 235 g/mol. The van der Waals surface area contributed by atoms with Crippen LogP contribution in [0.25, 0.3) is 0 Å². The number of nitrogens with one attached hydrogen (secondary N) is 1. The first-order valence-electron chi connectivity index (χ1n) is 5.93. The lowest BCUT2D eigenvalue weighted by molar-refractivity contribution is 0.628. The number of halogens is 1. The standard InChI is InChI=1S/C13H17FN2S/c1-3-10-7-8-17-13(15-10)16-12-9(2)5-4-6-11(12)14/h4-6,10H,3,7-8H2,1-2H3,(H,15,16). The number of hydrogen-bond acceptors (Lipinski definition) is 3. The highest BCUT2D eigenvalue weighted by Gasteiger charge is 2.15. The van der Waals surface area contributed by atoms with Crippen molar-refractivity contribution >= 4 is 22.6 Å². The molecule has 1 unspecified atom stereocenters. The van der Waals surface area contributed by atoms with Gasteiger partial charge in [0.2, 0.25) is 0 Å². The molecule has 92 valence electrons. The predicted octanol–water partition coefficient (Wildman–Crippen LogP) is 3.82. The van der Waals surface area contributed by atoms with Gasteiger partial charge in [0.15, 0.2) is 5.17 Å². The van der Waals surface area contributed by atoms with E-state index in [1.807, 2.05) is 13.0 Å². The summed E-state index contributed by atoms with van der Waals surface area (Å²) in [6.07, 6.45) is 2.16. The average molecular weight is 252 g/mol. The van der Waals surface area contributed by atoms with E-state index in [0.717, 1.165) is 29.3 Å². The fraction of sp³-hybridized carbons (Fsp3) is 0.462. The molecule has 1 N–H and O–H groups in total. The zero-order valence-corrected chi connectivity index (χ0v) is 11.0. The van der Waals surface area contributed by atoms with E-state index >= 15 is 0 Å². The molecule has 1 aromatic rings. The summed E-state index contributed by atoms with van der Waals surface area (Å²) in [6.45, 7) is 4.03. The molecule has 1 atom stereocenters.